The van der Waals surface area contributed by atoms with Gasteiger partial charge >= 0.3 is 0 Å². The summed E-state index contributed by atoms with van der Waals surface area (Å²) < 4.78 is 0. The number of hydrogen-bond acceptors (Lipinski definition) is 5. The second kappa shape index (κ2) is 10.5. The van der Waals surface area contributed by atoms with E-state index in [1.165, 1.54) is 43.4 Å². The van der Waals surface area contributed by atoms with Crippen LogP contribution in [-0.4, -0.2) is 39.7 Å². The first-order valence-electron chi connectivity index (χ1n) is 13.8. The number of nitrogens with two attached hydrogens (primary N) is 1. The third-order valence-corrected chi connectivity index (χ3v) is 8.36. The zero-order chi connectivity index (χ0) is 26.1. The van der Waals surface area contributed by atoms with Gasteiger partial charge in [0.25, 0.3) is 0 Å². The second-order valence-corrected chi connectivity index (χ2v) is 10.7. The molecule has 2 aromatic heterocycles. The molecule has 0 bridgehead atoms. The van der Waals surface area contributed by atoms with Crippen LogP contribution in [0.25, 0.3) is 22.4 Å². The highest BCUT2D eigenvalue weighted by molar-refractivity contribution is 6.14. The standard InChI is InChI=1S/C33H35N5/c1-22-5-4-16-36-32(22)25-11-9-24(10-12-25)31(34)30-20-28(21-37-33(30)35)26-13-8-23-14-17-38(18-15-27(23)19-26)29-6-2-3-7-29/h4-5,8-13,16,19-21,29,34H,2-3,6-7,14-15,17-18H2,1H3,(H2,35,37). The molecule has 1 fully saturated rings. The van der Waals surface area contributed by atoms with Crippen LogP contribution < -0.4 is 5.73 Å². The van der Waals surface area contributed by atoms with Crippen LogP contribution in [0.4, 0.5) is 5.82 Å². The lowest BCUT2D eigenvalue weighted by atomic mass is 9.95. The molecule has 4 aromatic rings. The Morgan fingerprint density at radius 2 is 1.61 bits per heavy atom. The molecule has 5 heteroatoms. The number of benzene rings is 2. The van der Waals surface area contributed by atoms with Crippen LogP contribution in [0.5, 0.6) is 0 Å². The summed E-state index contributed by atoms with van der Waals surface area (Å²) >= 11 is 0. The fraction of sp³-hybridized carbons (Fsp3) is 0.303. The van der Waals surface area contributed by atoms with Crippen LogP contribution in [0, 0.1) is 12.3 Å². The van der Waals surface area contributed by atoms with E-state index >= 15 is 0 Å². The Labute approximate surface area is 225 Å². The van der Waals surface area contributed by atoms with E-state index in [0.29, 0.717) is 17.1 Å². The quantitative estimate of drug-likeness (QED) is 0.308. The first-order valence-corrected chi connectivity index (χ1v) is 13.8. The molecule has 1 aliphatic heterocycles. The average Bonchev–Trinajstić information content (AvgIpc) is 3.40. The van der Waals surface area contributed by atoms with E-state index in [0.717, 1.165) is 58.9 Å². The van der Waals surface area contributed by atoms with E-state index in [4.69, 9.17) is 11.1 Å². The molecule has 3 heterocycles. The monoisotopic (exact) mass is 501 g/mol. The summed E-state index contributed by atoms with van der Waals surface area (Å²) in [7, 11) is 0. The van der Waals surface area contributed by atoms with Crippen LogP contribution in [-0.2, 0) is 12.8 Å². The molecule has 0 spiro atoms. The van der Waals surface area contributed by atoms with Crippen molar-refractivity contribution in [1.29, 1.82) is 5.41 Å². The molecule has 3 N–H and O–H groups in total. The Hall–Kier alpha value is -3.83. The van der Waals surface area contributed by atoms with Crippen LogP contribution in [0.2, 0.25) is 0 Å². The highest BCUT2D eigenvalue weighted by Crippen LogP contribution is 2.30. The summed E-state index contributed by atoms with van der Waals surface area (Å²) in [5.41, 5.74) is 16.3. The largest absolute Gasteiger partial charge is 0.383 e. The molecule has 0 unspecified atom stereocenters. The van der Waals surface area contributed by atoms with Crippen molar-refractivity contribution in [1.82, 2.24) is 14.9 Å². The van der Waals surface area contributed by atoms with E-state index in [-0.39, 0.29) is 0 Å². The minimum absolute atomic E-state index is 0.378. The predicted octanol–water partition coefficient (Wildman–Crippen LogP) is 6.46. The summed E-state index contributed by atoms with van der Waals surface area (Å²) in [4.78, 5) is 11.7. The minimum Gasteiger partial charge on any atom is -0.383 e. The maximum atomic E-state index is 8.93. The first-order chi connectivity index (χ1) is 18.6. The molecule has 192 valence electrons. The molecule has 0 atom stereocenters. The van der Waals surface area contributed by atoms with Crippen molar-refractivity contribution in [3.05, 3.63) is 101 Å². The van der Waals surface area contributed by atoms with Gasteiger partial charge in [-0.25, -0.2) is 4.98 Å². The number of nitrogens with one attached hydrogen (secondary N) is 1. The lowest BCUT2D eigenvalue weighted by Crippen LogP contribution is -2.35. The van der Waals surface area contributed by atoms with Gasteiger partial charge in [0.05, 0.1) is 11.4 Å². The first kappa shape index (κ1) is 24.5. The van der Waals surface area contributed by atoms with Crippen LogP contribution in [0.1, 0.15) is 53.5 Å². The fourth-order valence-corrected chi connectivity index (χ4v) is 6.13. The van der Waals surface area contributed by atoms with E-state index in [9.17, 15) is 0 Å². The number of anilines is 1. The van der Waals surface area contributed by atoms with Crippen molar-refractivity contribution in [3.63, 3.8) is 0 Å². The molecule has 5 nitrogen and oxygen atoms in total. The van der Waals surface area contributed by atoms with Crippen molar-refractivity contribution in [2.75, 3.05) is 18.8 Å². The number of nitrogens with zero attached hydrogens (tertiary/aromatic N) is 3. The van der Waals surface area contributed by atoms with E-state index in [2.05, 4.69) is 46.1 Å². The summed E-state index contributed by atoms with van der Waals surface area (Å²) in [6, 6.07) is 21.6. The number of fused-ring (bicyclic) bond motifs is 1. The third-order valence-electron chi connectivity index (χ3n) is 8.36. The van der Waals surface area contributed by atoms with Gasteiger partial charge in [0.1, 0.15) is 5.82 Å². The number of aromatic nitrogens is 2. The van der Waals surface area contributed by atoms with Crippen molar-refractivity contribution in [3.8, 4) is 22.4 Å². The Morgan fingerprint density at radius 1 is 0.868 bits per heavy atom. The summed E-state index contributed by atoms with van der Waals surface area (Å²) in [6.07, 6.45) is 11.3. The normalized spacial score (nSPS) is 16.2. The number of nitrogen functional groups attached to an aromatic ring is 1. The number of hydrogen-bond donors (Lipinski definition) is 2. The Balaban J connectivity index is 1.24. The fourth-order valence-electron chi connectivity index (χ4n) is 6.13. The summed E-state index contributed by atoms with van der Waals surface area (Å²) in [5, 5.41) is 8.93. The smallest absolute Gasteiger partial charge is 0.132 e. The molecule has 2 aromatic carbocycles. The molecule has 2 aliphatic rings. The van der Waals surface area contributed by atoms with Gasteiger partial charge in [-0.2, -0.15) is 0 Å². The molecule has 0 saturated heterocycles. The Bertz CT molecular complexity index is 1470. The maximum absolute atomic E-state index is 8.93. The summed E-state index contributed by atoms with van der Waals surface area (Å²) in [6.45, 7) is 4.37. The van der Waals surface area contributed by atoms with Crippen molar-refractivity contribution >= 4 is 11.5 Å². The van der Waals surface area contributed by atoms with Crippen LogP contribution in [0.3, 0.4) is 0 Å². The highest BCUT2D eigenvalue weighted by atomic mass is 15.2. The summed E-state index contributed by atoms with van der Waals surface area (Å²) in [5.74, 6) is 0.380. The molecule has 1 saturated carbocycles. The van der Waals surface area contributed by atoms with Crippen LogP contribution in [0.15, 0.2) is 73.1 Å². The molecular formula is C33H35N5. The highest BCUT2D eigenvalue weighted by Gasteiger charge is 2.24. The average molecular weight is 502 g/mol. The molecule has 38 heavy (non-hydrogen) atoms. The van der Waals surface area contributed by atoms with E-state index < -0.39 is 0 Å². The van der Waals surface area contributed by atoms with Gasteiger partial charge in [-0.1, -0.05) is 61.4 Å². The van der Waals surface area contributed by atoms with Gasteiger partial charge in [0.15, 0.2) is 0 Å². The zero-order valence-electron chi connectivity index (χ0n) is 22.1. The van der Waals surface area contributed by atoms with Gasteiger partial charge in [-0.05, 0) is 67.0 Å². The van der Waals surface area contributed by atoms with Crippen LogP contribution >= 0.6 is 0 Å². The SMILES string of the molecule is Cc1cccnc1-c1ccc(C(=N)c2cc(-c3ccc4c(c3)CCN(C3CCCC3)CC4)cnc2N)cc1. The second-order valence-electron chi connectivity index (χ2n) is 10.7. The van der Waals surface area contributed by atoms with Crippen molar-refractivity contribution in [2.45, 2.75) is 51.5 Å². The topological polar surface area (TPSA) is 78.9 Å². The Morgan fingerprint density at radius 3 is 2.37 bits per heavy atom. The van der Waals surface area contributed by atoms with Gasteiger partial charge in [-0.15, -0.1) is 0 Å². The molecule has 6 rings (SSSR count). The van der Waals surface area contributed by atoms with Gasteiger partial charge < -0.3 is 5.73 Å². The maximum Gasteiger partial charge on any atom is 0.132 e. The lowest BCUT2D eigenvalue weighted by molar-refractivity contribution is 0.208. The molecule has 0 amide bonds. The number of pyridine rings is 2. The molecular weight excluding hydrogens is 466 g/mol. The van der Waals surface area contributed by atoms with Crippen molar-refractivity contribution < 1.29 is 0 Å². The van der Waals surface area contributed by atoms with Gasteiger partial charge in [0.2, 0.25) is 0 Å². The van der Waals surface area contributed by atoms with Crippen molar-refractivity contribution in [2.24, 2.45) is 0 Å². The number of aryl methyl sites for hydroxylation is 1. The van der Waals surface area contributed by atoms with E-state index in [1.807, 2.05) is 48.8 Å². The minimum atomic E-state index is 0.378. The molecule has 0 radical (unpaired) electrons. The lowest BCUT2D eigenvalue weighted by Gasteiger charge is -2.26. The Kier molecular flexibility index (Phi) is 6.77. The van der Waals surface area contributed by atoms with Gasteiger partial charge in [0, 0.05) is 53.8 Å². The zero-order valence-corrected chi connectivity index (χ0v) is 22.1. The predicted molar refractivity (Wildman–Crippen MR) is 156 cm³/mol. The van der Waals surface area contributed by atoms with E-state index in [1.54, 1.807) is 0 Å². The third kappa shape index (κ3) is 4.86. The molecule has 1 aliphatic carbocycles. The number of rotatable bonds is 5. The van der Waals surface area contributed by atoms with Gasteiger partial charge in [-0.3, -0.25) is 15.3 Å².